The highest BCUT2D eigenvalue weighted by Crippen LogP contribution is 2.29. The summed E-state index contributed by atoms with van der Waals surface area (Å²) >= 11 is 0. The maximum Gasteiger partial charge on any atom is 0.224 e. The van der Waals surface area contributed by atoms with Gasteiger partial charge in [-0.15, -0.1) is 12.4 Å². The fourth-order valence-corrected chi connectivity index (χ4v) is 1.97. The molecule has 0 aromatic heterocycles. The van der Waals surface area contributed by atoms with Crippen LogP contribution >= 0.6 is 12.4 Å². The van der Waals surface area contributed by atoms with E-state index in [9.17, 15) is 4.79 Å². The second kappa shape index (κ2) is 4.68. The van der Waals surface area contributed by atoms with Crippen molar-refractivity contribution in [1.82, 2.24) is 4.90 Å². The second-order valence-electron chi connectivity index (χ2n) is 5.37. The molecule has 1 atom stereocenters. The van der Waals surface area contributed by atoms with E-state index in [1.807, 2.05) is 20.8 Å². The molecule has 1 heterocycles. The topological polar surface area (TPSA) is 72.3 Å². The highest BCUT2D eigenvalue weighted by molar-refractivity contribution is 5.85. The van der Waals surface area contributed by atoms with Crippen molar-refractivity contribution in [2.45, 2.75) is 32.7 Å². The molecule has 15 heavy (non-hydrogen) atoms. The van der Waals surface area contributed by atoms with Crippen molar-refractivity contribution < 1.29 is 4.79 Å². The lowest BCUT2D eigenvalue weighted by Gasteiger charge is -2.27. The third kappa shape index (κ3) is 3.97. The zero-order valence-corrected chi connectivity index (χ0v) is 10.6. The van der Waals surface area contributed by atoms with E-state index in [4.69, 9.17) is 11.5 Å². The van der Waals surface area contributed by atoms with Crippen LogP contribution in [0.15, 0.2) is 0 Å². The van der Waals surface area contributed by atoms with Gasteiger partial charge in [-0.3, -0.25) is 4.79 Å². The summed E-state index contributed by atoms with van der Waals surface area (Å²) in [6, 6.07) is 0. The van der Waals surface area contributed by atoms with Gasteiger partial charge < -0.3 is 16.4 Å². The molecular weight excluding hydrogens is 214 g/mol. The van der Waals surface area contributed by atoms with Crippen LogP contribution in [0.2, 0.25) is 0 Å². The Labute approximate surface area is 97.8 Å². The number of hydrogen-bond acceptors (Lipinski definition) is 3. The molecule has 0 bridgehead atoms. The van der Waals surface area contributed by atoms with E-state index in [0.717, 1.165) is 26.1 Å². The van der Waals surface area contributed by atoms with E-state index in [2.05, 4.69) is 4.90 Å². The average Bonchev–Trinajstić information content (AvgIpc) is 2.29. The van der Waals surface area contributed by atoms with Crippen LogP contribution in [0.5, 0.6) is 0 Å². The summed E-state index contributed by atoms with van der Waals surface area (Å²) in [6.07, 6.45) is 0.846. The lowest BCUT2D eigenvalue weighted by Crippen LogP contribution is -2.46. The molecule has 90 valence electrons. The van der Waals surface area contributed by atoms with Gasteiger partial charge in [-0.05, 0) is 33.7 Å². The Bertz CT molecular complexity index is 239. The summed E-state index contributed by atoms with van der Waals surface area (Å²) in [7, 11) is 0. The first-order valence-corrected chi connectivity index (χ1v) is 5.04. The molecule has 1 saturated heterocycles. The minimum absolute atomic E-state index is 0. The second-order valence-corrected chi connectivity index (χ2v) is 5.37. The van der Waals surface area contributed by atoms with E-state index >= 15 is 0 Å². The van der Waals surface area contributed by atoms with E-state index < -0.39 is 0 Å². The van der Waals surface area contributed by atoms with Gasteiger partial charge >= 0.3 is 0 Å². The normalized spacial score (nSPS) is 27.5. The molecule has 0 spiro atoms. The number of hydrogen-bond donors (Lipinski definition) is 2. The number of nitrogens with two attached hydrogens (primary N) is 2. The first kappa shape index (κ1) is 14.7. The van der Waals surface area contributed by atoms with Crippen LogP contribution in [0, 0.1) is 5.41 Å². The third-order valence-corrected chi connectivity index (χ3v) is 2.78. The van der Waals surface area contributed by atoms with Crippen LogP contribution in [0.25, 0.3) is 0 Å². The average molecular weight is 236 g/mol. The predicted molar refractivity (Wildman–Crippen MR) is 63.9 cm³/mol. The molecule has 0 aromatic rings. The standard InChI is InChI=1S/C10H21N3O.ClH/c1-9(2,12)6-13-5-4-10(3,7-13)8(11)14;/h4-7,12H2,1-3H3,(H2,11,14);1H. The molecule has 4 nitrogen and oxygen atoms in total. The Balaban J connectivity index is 0.00000196. The number of nitrogens with zero attached hydrogens (tertiary/aromatic N) is 1. The van der Waals surface area contributed by atoms with E-state index in [0.29, 0.717) is 0 Å². The lowest BCUT2D eigenvalue weighted by molar-refractivity contribution is -0.126. The molecule has 5 heteroatoms. The largest absolute Gasteiger partial charge is 0.369 e. The molecule has 1 aliphatic heterocycles. The summed E-state index contributed by atoms with van der Waals surface area (Å²) < 4.78 is 0. The predicted octanol–water partition coefficient (Wildman–Crippen LogP) is 0.343. The Morgan fingerprint density at radius 1 is 1.53 bits per heavy atom. The first-order chi connectivity index (χ1) is 6.23. The summed E-state index contributed by atoms with van der Waals surface area (Å²) in [6.45, 7) is 8.39. The third-order valence-electron chi connectivity index (χ3n) is 2.78. The van der Waals surface area contributed by atoms with Gasteiger partial charge in [0.15, 0.2) is 0 Å². The van der Waals surface area contributed by atoms with Crippen molar-refractivity contribution >= 4 is 18.3 Å². The van der Waals surface area contributed by atoms with Gasteiger partial charge in [-0.25, -0.2) is 0 Å². The summed E-state index contributed by atoms with van der Waals surface area (Å²) in [4.78, 5) is 13.4. The first-order valence-electron chi connectivity index (χ1n) is 5.04. The number of likely N-dealkylation sites (tertiary alicyclic amines) is 1. The van der Waals surface area contributed by atoms with Crippen LogP contribution in [0.4, 0.5) is 0 Å². The minimum atomic E-state index is -0.356. The zero-order chi connectivity index (χ0) is 11.0. The Kier molecular flexibility index (Phi) is 4.58. The highest BCUT2D eigenvalue weighted by Gasteiger charge is 2.39. The molecule has 0 radical (unpaired) electrons. The van der Waals surface area contributed by atoms with Crippen molar-refractivity contribution in [2.24, 2.45) is 16.9 Å². The molecule has 0 aromatic carbocycles. The number of halogens is 1. The zero-order valence-electron chi connectivity index (χ0n) is 9.75. The molecule has 0 saturated carbocycles. The van der Waals surface area contributed by atoms with Crippen molar-refractivity contribution in [3.63, 3.8) is 0 Å². The molecule has 1 aliphatic rings. The maximum absolute atomic E-state index is 11.2. The molecule has 0 aliphatic carbocycles. The van der Waals surface area contributed by atoms with Gasteiger partial charge in [0.1, 0.15) is 0 Å². The van der Waals surface area contributed by atoms with Gasteiger partial charge in [0.2, 0.25) is 5.91 Å². The number of rotatable bonds is 3. The molecule has 1 fully saturated rings. The minimum Gasteiger partial charge on any atom is -0.369 e. The fourth-order valence-electron chi connectivity index (χ4n) is 1.97. The summed E-state index contributed by atoms with van der Waals surface area (Å²) in [5.41, 5.74) is 10.7. The van der Waals surface area contributed by atoms with Crippen molar-refractivity contribution in [3.8, 4) is 0 Å². The monoisotopic (exact) mass is 235 g/mol. The molecule has 4 N–H and O–H groups in total. The van der Waals surface area contributed by atoms with E-state index in [1.54, 1.807) is 0 Å². The molecule has 1 rings (SSSR count). The van der Waals surface area contributed by atoms with Gasteiger partial charge in [-0.2, -0.15) is 0 Å². The van der Waals surface area contributed by atoms with E-state index in [-0.39, 0.29) is 29.3 Å². The Morgan fingerprint density at radius 3 is 2.40 bits per heavy atom. The van der Waals surface area contributed by atoms with Crippen molar-refractivity contribution in [1.29, 1.82) is 0 Å². The van der Waals surface area contributed by atoms with Crippen LogP contribution in [0.1, 0.15) is 27.2 Å². The van der Waals surface area contributed by atoms with Crippen LogP contribution in [-0.2, 0) is 4.79 Å². The summed E-state index contributed by atoms with van der Waals surface area (Å²) in [5.74, 6) is -0.199. The van der Waals surface area contributed by atoms with Gasteiger partial charge in [-0.1, -0.05) is 0 Å². The van der Waals surface area contributed by atoms with Crippen molar-refractivity contribution in [3.05, 3.63) is 0 Å². The SMILES string of the molecule is CC(C)(N)CN1CCC(C)(C(N)=O)C1.Cl. The van der Waals surface area contributed by atoms with Crippen LogP contribution < -0.4 is 11.5 Å². The lowest BCUT2D eigenvalue weighted by atomic mass is 9.89. The smallest absolute Gasteiger partial charge is 0.224 e. The highest BCUT2D eigenvalue weighted by atomic mass is 35.5. The van der Waals surface area contributed by atoms with Gasteiger partial charge in [0, 0.05) is 18.6 Å². The van der Waals surface area contributed by atoms with Crippen LogP contribution in [-0.4, -0.2) is 36.0 Å². The molecule has 1 amide bonds. The molecular formula is C10H22ClN3O. The summed E-state index contributed by atoms with van der Waals surface area (Å²) in [5, 5.41) is 0. The number of carbonyl (C=O) groups excluding carboxylic acids is 1. The van der Waals surface area contributed by atoms with Gasteiger partial charge in [0.25, 0.3) is 0 Å². The Hall–Kier alpha value is -0.320. The van der Waals surface area contributed by atoms with Crippen molar-refractivity contribution in [2.75, 3.05) is 19.6 Å². The molecule has 1 unspecified atom stereocenters. The quantitative estimate of drug-likeness (QED) is 0.741. The number of amides is 1. The van der Waals surface area contributed by atoms with Crippen LogP contribution in [0.3, 0.4) is 0 Å². The Morgan fingerprint density at radius 2 is 2.07 bits per heavy atom. The van der Waals surface area contributed by atoms with Gasteiger partial charge in [0.05, 0.1) is 5.41 Å². The number of carbonyl (C=O) groups is 1. The maximum atomic E-state index is 11.2. The van der Waals surface area contributed by atoms with E-state index in [1.165, 1.54) is 0 Å². The fraction of sp³-hybridized carbons (Fsp3) is 0.900. The number of primary amides is 1.